The Morgan fingerprint density at radius 2 is 1.71 bits per heavy atom. The van der Waals surface area contributed by atoms with Crippen LogP contribution in [0.5, 0.6) is 5.75 Å². The predicted octanol–water partition coefficient (Wildman–Crippen LogP) is 3.96. The number of benzene rings is 2. The van der Waals surface area contributed by atoms with Gasteiger partial charge < -0.3 is 10.1 Å². The van der Waals surface area contributed by atoms with Crippen LogP contribution in [0.3, 0.4) is 0 Å². The number of nitrogens with zero attached hydrogens (tertiary/aromatic N) is 1. The second kappa shape index (κ2) is 8.91. The number of anilines is 1. The Bertz CT molecular complexity index is 1040. The number of nitrogens with one attached hydrogen (secondary N) is 1. The van der Waals surface area contributed by atoms with Crippen LogP contribution in [-0.2, 0) is 14.8 Å². The number of rotatable bonds is 5. The number of carbonyl (C=O) groups excluding carboxylic acids is 1. The van der Waals surface area contributed by atoms with Crippen LogP contribution in [0.2, 0.25) is 0 Å². The molecule has 4 rings (SSSR count). The second-order valence-corrected chi connectivity index (χ2v) is 10.5. The molecule has 1 atom stereocenters. The molecule has 166 valence electrons. The molecule has 0 radical (unpaired) electrons. The topological polar surface area (TPSA) is 75.7 Å². The summed E-state index contributed by atoms with van der Waals surface area (Å²) in [4.78, 5) is 13.1. The minimum absolute atomic E-state index is 0.0528. The van der Waals surface area contributed by atoms with E-state index in [1.54, 1.807) is 36.4 Å². The zero-order valence-corrected chi connectivity index (χ0v) is 19.0. The van der Waals surface area contributed by atoms with Gasteiger partial charge in [-0.3, -0.25) is 9.10 Å². The first-order valence-electron chi connectivity index (χ1n) is 11.0. The van der Waals surface area contributed by atoms with E-state index in [2.05, 4.69) is 5.32 Å². The number of sulfonamides is 1. The Kier molecular flexibility index (Phi) is 6.23. The van der Waals surface area contributed by atoms with Crippen LogP contribution in [0.1, 0.15) is 43.2 Å². The molecule has 1 N–H and O–H groups in total. The maximum absolute atomic E-state index is 13.5. The predicted molar refractivity (Wildman–Crippen MR) is 121 cm³/mol. The third-order valence-corrected chi connectivity index (χ3v) is 7.97. The molecule has 7 heteroatoms. The molecule has 1 fully saturated rings. The van der Waals surface area contributed by atoms with Crippen molar-refractivity contribution in [1.29, 1.82) is 0 Å². The van der Waals surface area contributed by atoms with Gasteiger partial charge in [0.15, 0.2) is 6.10 Å². The van der Waals surface area contributed by atoms with Crippen molar-refractivity contribution in [3.63, 3.8) is 0 Å². The van der Waals surface area contributed by atoms with Crippen molar-refractivity contribution in [2.75, 3.05) is 17.4 Å². The van der Waals surface area contributed by atoms with Gasteiger partial charge in [0, 0.05) is 6.54 Å². The first-order chi connectivity index (χ1) is 14.8. The van der Waals surface area contributed by atoms with Crippen molar-refractivity contribution < 1.29 is 17.9 Å². The highest BCUT2D eigenvalue weighted by atomic mass is 32.2. The van der Waals surface area contributed by atoms with Crippen LogP contribution in [0.15, 0.2) is 47.4 Å². The summed E-state index contributed by atoms with van der Waals surface area (Å²) in [7, 11) is -3.83. The Morgan fingerprint density at radius 3 is 2.42 bits per heavy atom. The molecule has 6 nitrogen and oxygen atoms in total. The van der Waals surface area contributed by atoms with Crippen molar-refractivity contribution >= 4 is 21.6 Å². The molecule has 2 aliphatic rings. The van der Waals surface area contributed by atoms with Crippen molar-refractivity contribution in [1.82, 2.24) is 5.32 Å². The van der Waals surface area contributed by atoms with Crippen molar-refractivity contribution in [3.8, 4) is 5.75 Å². The lowest BCUT2D eigenvalue weighted by molar-refractivity contribution is -0.128. The van der Waals surface area contributed by atoms with E-state index in [-0.39, 0.29) is 17.3 Å². The molecule has 0 aromatic heterocycles. The van der Waals surface area contributed by atoms with Crippen LogP contribution in [0.4, 0.5) is 5.69 Å². The van der Waals surface area contributed by atoms with E-state index in [0.717, 1.165) is 24.0 Å². The molecule has 1 heterocycles. The molecule has 0 bridgehead atoms. The van der Waals surface area contributed by atoms with Gasteiger partial charge in [0.05, 0.1) is 17.1 Å². The summed E-state index contributed by atoms with van der Waals surface area (Å²) < 4.78 is 34.2. The molecule has 0 saturated heterocycles. The first kappa shape index (κ1) is 21.7. The zero-order valence-electron chi connectivity index (χ0n) is 18.1. The van der Waals surface area contributed by atoms with Crippen molar-refractivity contribution in [2.45, 2.75) is 57.0 Å². The van der Waals surface area contributed by atoms with Crippen LogP contribution in [0, 0.1) is 19.8 Å². The molecule has 1 unspecified atom stereocenters. The monoisotopic (exact) mass is 442 g/mol. The van der Waals surface area contributed by atoms with Gasteiger partial charge in [-0.15, -0.1) is 0 Å². The Morgan fingerprint density at radius 1 is 1.03 bits per heavy atom. The van der Waals surface area contributed by atoms with Crippen molar-refractivity contribution in [2.24, 2.45) is 5.92 Å². The molecule has 2 aromatic carbocycles. The second-order valence-electron chi connectivity index (χ2n) is 8.68. The smallest absolute Gasteiger partial charge is 0.264 e. The third-order valence-electron chi connectivity index (χ3n) is 6.18. The van der Waals surface area contributed by atoms with Crippen LogP contribution >= 0.6 is 0 Å². The summed E-state index contributed by atoms with van der Waals surface area (Å²) in [5, 5.41) is 3.00. The van der Waals surface area contributed by atoms with Gasteiger partial charge in [-0.1, -0.05) is 43.0 Å². The molecule has 1 aliphatic heterocycles. The normalized spacial score (nSPS) is 19.4. The maximum atomic E-state index is 13.5. The maximum Gasteiger partial charge on any atom is 0.264 e. The van der Waals surface area contributed by atoms with Gasteiger partial charge in [0.1, 0.15) is 5.75 Å². The molecule has 1 saturated carbocycles. The number of carbonyl (C=O) groups is 1. The van der Waals surface area contributed by atoms with Gasteiger partial charge in [0.25, 0.3) is 15.9 Å². The van der Waals surface area contributed by atoms with Gasteiger partial charge in [-0.25, -0.2) is 8.42 Å². The minimum atomic E-state index is -3.83. The number of fused-ring (bicyclic) bond motifs is 1. The molecule has 2 aromatic rings. The van der Waals surface area contributed by atoms with E-state index in [0.29, 0.717) is 23.9 Å². The molecular weight excluding hydrogens is 412 g/mol. The van der Waals surface area contributed by atoms with Crippen LogP contribution in [-0.4, -0.2) is 33.5 Å². The van der Waals surface area contributed by atoms with Gasteiger partial charge >= 0.3 is 0 Å². The summed E-state index contributed by atoms with van der Waals surface area (Å²) in [6, 6.07) is 12.1. The van der Waals surface area contributed by atoms with Crippen molar-refractivity contribution in [3.05, 3.63) is 53.6 Å². The Balaban J connectivity index is 1.59. The Hall–Kier alpha value is -2.54. The highest BCUT2D eigenvalue weighted by molar-refractivity contribution is 7.92. The molecule has 1 aliphatic carbocycles. The van der Waals surface area contributed by atoms with E-state index < -0.39 is 16.1 Å². The average Bonchev–Trinajstić information content (AvgIpc) is 2.77. The highest BCUT2D eigenvalue weighted by Crippen LogP contribution is 2.37. The lowest BCUT2D eigenvalue weighted by Gasteiger charge is -2.35. The highest BCUT2D eigenvalue weighted by Gasteiger charge is 2.37. The van der Waals surface area contributed by atoms with Gasteiger partial charge in [-0.05, 0) is 62.4 Å². The largest absolute Gasteiger partial charge is 0.476 e. The summed E-state index contributed by atoms with van der Waals surface area (Å²) in [6.45, 7) is 4.39. The Labute approximate surface area is 184 Å². The van der Waals surface area contributed by atoms with E-state index in [1.165, 1.54) is 23.6 Å². The number of amides is 1. The first-order valence-corrected chi connectivity index (χ1v) is 12.4. The fourth-order valence-electron chi connectivity index (χ4n) is 4.31. The number of aryl methyl sites for hydroxylation is 2. The number of ether oxygens (including phenoxy) is 1. The molecule has 1 amide bonds. The lowest BCUT2D eigenvalue weighted by Crippen LogP contribution is -2.51. The minimum Gasteiger partial charge on any atom is -0.476 e. The lowest BCUT2D eigenvalue weighted by atomic mass is 9.89. The van der Waals surface area contributed by atoms with E-state index in [1.807, 2.05) is 19.9 Å². The third kappa shape index (κ3) is 4.71. The average molecular weight is 443 g/mol. The number of hydrogen-bond donors (Lipinski definition) is 1. The van der Waals surface area contributed by atoms with E-state index >= 15 is 0 Å². The molecule has 0 spiro atoms. The van der Waals surface area contributed by atoms with Crippen LogP contribution < -0.4 is 14.4 Å². The summed E-state index contributed by atoms with van der Waals surface area (Å²) in [6.07, 6.45) is 5.03. The van der Waals surface area contributed by atoms with Crippen LogP contribution in [0.25, 0.3) is 0 Å². The summed E-state index contributed by atoms with van der Waals surface area (Å²) >= 11 is 0. The summed E-state index contributed by atoms with van der Waals surface area (Å²) in [5.74, 6) is 0.643. The molecular formula is C24H30N2O4S. The SMILES string of the molecule is Cc1ccc(S(=O)(=O)N2CC(C(=O)NCC3CCCCC3)Oc3cc(C)ccc32)cc1. The zero-order chi connectivity index (χ0) is 22.0. The fraction of sp³-hybridized carbons (Fsp3) is 0.458. The van der Waals surface area contributed by atoms with Gasteiger partial charge in [-0.2, -0.15) is 0 Å². The quantitative estimate of drug-likeness (QED) is 0.761. The van der Waals surface area contributed by atoms with E-state index in [4.69, 9.17) is 4.74 Å². The van der Waals surface area contributed by atoms with E-state index in [9.17, 15) is 13.2 Å². The standard InChI is InChI=1S/C24H30N2O4S/c1-17-8-11-20(12-9-17)31(28,29)26-16-23(30-22-14-18(2)10-13-21(22)26)24(27)25-15-19-6-4-3-5-7-19/h8-14,19,23H,3-7,15-16H2,1-2H3,(H,25,27). The number of hydrogen-bond acceptors (Lipinski definition) is 4. The van der Waals surface area contributed by atoms with Gasteiger partial charge in [0.2, 0.25) is 0 Å². The fourth-order valence-corrected chi connectivity index (χ4v) is 5.79. The summed E-state index contributed by atoms with van der Waals surface area (Å²) in [5.41, 5.74) is 2.38. The molecule has 31 heavy (non-hydrogen) atoms.